The minimum Gasteiger partial charge on any atom is -0.373 e. The van der Waals surface area contributed by atoms with E-state index >= 15 is 0 Å². The first-order valence-electron chi connectivity index (χ1n) is 9.05. The fraction of sp³-hybridized carbons (Fsp3) is 0.190. The zero-order chi connectivity index (χ0) is 21.5. The minimum absolute atomic E-state index is 0.0409. The molecule has 30 heavy (non-hydrogen) atoms. The quantitative estimate of drug-likeness (QED) is 0.635. The number of rotatable bonds is 2. The summed E-state index contributed by atoms with van der Waals surface area (Å²) in [5.41, 5.74) is 2.81. The number of halogens is 2. The largest absolute Gasteiger partial charge is 0.373 e. The van der Waals surface area contributed by atoms with Gasteiger partial charge < -0.3 is 4.74 Å². The molecule has 3 aromatic rings. The van der Waals surface area contributed by atoms with Gasteiger partial charge in [-0.25, -0.2) is 27.0 Å². The van der Waals surface area contributed by atoms with Crippen LogP contribution in [0.2, 0.25) is 0 Å². The van der Waals surface area contributed by atoms with E-state index in [0.29, 0.717) is 23.4 Å². The lowest BCUT2D eigenvalue weighted by molar-refractivity contribution is 0.0397. The Kier molecular flexibility index (Phi) is 5.15. The van der Waals surface area contributed by atoms with Crippen LogP contribution in [0.5, 0.6) is 0 Å². The van der Waals surface area contributed by atoms with Crippen LogP contribution in [0.3, 0.4) is 0 Å². The molecule has 1 atom stereocenters. The number of hydrogen-bond acceptors (Lipinski definition) is 4. The third-order valence-electron chi connectivity index (χ3n) is 4.72. The molecule has 4 rings (SSSR count). The maximum absolute atomic E-state index is 13.8. The number of sulfonamides is 1. The molecule has 0 unspecified atom stereocenters. The molecule has 2 aromatic carbocycles. The highest BCUT2D eigenvalue weighted by molar-refractivity contribution is 7.89. The van der Waals surface area contributed by atoms with Crippen LogP contribution in [-0.2, 0) is 27.8 Å². The average Bonchev–Trinajstić information content (AvgIpc) is 3.06. The number of fused-ring (bicyclic) bond motifs is 1. The van der Waals surface area contributed by atoms with Gasteiger partial charge in [0.15, 0.2) is 11.6 Å². The van der Waals surface area contributed by atoms with Crippen molar-refractivity contribution in [1.82, 2.24) is 9.78 Å². The first kappa shape index (κ1) is 20.2. The Morgan fingerprint density at radius 3 is 2.70 bits per heavy atom. The first-order chi connectivity index (χ1) is 14.2. The monoisotopic (exact) mass is 429 g/mol. The van der Waals surface area contributed by atoms with Gasteiger partial charge in [0.1, 0.15) is 5.69 Å². The minimum atomic E-state index is -3.84. The molecule has 2 heterocycles. The maximum Gasteiger partial charge on any atom is 0.238 e. The molecule has 0 aliphatic carbocycles. The fourth-order valence-electron chi connectivity index (χ4n) is 3.22. The van der Waals surface area contributed by atoms with E-state index in [9.17, 15) is 17.2 Å². The van der Waals surface area contributed by atoms with E-state index < -0.39 is 21.7 Å². The van der Waals surface area contributed by atoms with Gasteiger partial charge in [0.05, 0.1) is 29.0 Å². The number of benzene rings is 2. The average molecular weight is 429 g/mol. The van der Waals surface area contributed by atoms with Gasteiger partial charge in [-0.1, -0.05) is 12.0 Å². The van der Waals surface area contributed by atoms with Crippen molar-refractivity contribution in [1.29, 1.82) is 0 Å². The van der Waals surface area contributed by atoms with Crippen LogP contribution < -0.4 is 5.14 Å². The summed E-state index contributed by atoms with van der Waals surface area (Å²) in [5, 5.41) is 9.65. The number of nitrogens with zero attached hydrogens (tertiary/aromatic N) is 2. The molecular formula is C21H17F2N3O3S. The lowest BCUT2D eigenvalue weighted by atomic mass is 10.1. The molecule has 0 radical (unpaired) electrons. The van der Waals surface area contributed by atoms with Crippen LogP contribution in [0.4, 0.5) is 8.78 Å². The second kappa shape index (κ2) is 7.65. The summed E-state index contributed by atoms with van der Waals surface area (Å²) in [6.07, 6.45) is 0.467. The van der Waals surface area contributed by atoms with Gasteiger partial charge in [-0.2, -0.15) is 5.10 Å². The molecule has 0 fully saturated rings. The van der Waals surface area contributed by atoms with Gasteiger partial charge in [-0.15, -0.1) is 0 Å². The zero-order valence-electron chi connectivity index (χ0n) is 15.9. The summed E-state index contributed by atoms with van der Waals surface area (Å²) >= 11 is 0. The molecule has 6 nitrogen and oxygen atoms in total. The van der Waals surface area contributed by atoms with E-state index in [2.05, 4.69) is 16.9 Å². The molecule has 1 aliphatic rings. The van der Waals surface area contributed by atoms with Crippen molar-refractivity contribution in [3.63, 3.8) is 0 Å². The molecule has 0 saturated carbocycles. The molecule has 9 heteroatoms. The highest BCUT2D eigenvalue weighted by Gasteiger charge is 2.25. The van der Waals surface area contributed by atoms with E-state index in [1.54, 1.807) is 16.8 Å². The molecule has 0 spiro atoms. The highest BCUT2D eigenvalue weighted by Crippen LogP contribution is 2.27. The summed E-state index contributed by atoms with van der Waals surface area (Å²) in [6.45, 7) is 2.19. The van der Waals surface area contributed by atoms with Gasteiger partial charge in [-0.3, -0.25) is 0 Å². The van der Waals surface area contributed by atoms with Crippen LogP contribution in [0.15, 0.2) is 47.4 Å². The second-order valence-electron chi connectivity index (χ2n) is 6.93. The van der Waals surface area contributed by atoms with Crippen LogP contribution in [-0.4, -0.2) is 24.3 Å². The van der Waals surface area contributed by atoms with E-state index in [0.717, 1.165) is 23.4 Å². The summed E-state index contributed by atoms with van der Waals surface area (Å²) in [7, 11) is -3.84. The van der Waals surface area contributed by atoms with Crippen LogP contribution in [0.25, 0.3) is 5.69 Å². The zero-order valence-corrected chi connectivity index (χ0v) is 16.7. The van der Waals surface area contributed by atoms with Gasteiger partial charge in [-0.05, 0) is 43.2 Å². The number of nitrogens with two attached hydrogens (primary N) is 1. The first-order valence-corrected chi connectivity index (χ1v) is 10.6. The Hall–Kier alpha value is -3.06. The molecule has 1 aliphatic heterocycles. The van der Waals surface area contributed by atoms with Gasteiger partial charge in [0.25, 0.3) is 0 Å². The molecule has 0 saturated heterocycles. The van der Waals surface area contributed by atoms with Crippen LogP contribution in [0, 0.1) is 23.5 Å². The molecule has 1 aromatic heterocycles. The lowest BCUT2D eigenvalue weighted by Crippen LogP contribution is -2.21. The standard InChI is InChI=1S/C21H17F2N3O3S/c1-13-9-21-17(12-29-13)20(25-26(21)15-6-7-18(22)19(23)11-15)8-5-14-3-2-4-16(10-14)30(24,27)28/h2-4,6-7,10-11,13H,9,12H2,1H3,(H2,24,27,28)/t13-/m0/s1. The second-order valence-corrected chi connectivity index (χ2v) is 8.49. The van der Waals surface area contributed by atoms with Crippen molar-refractivity contribution < 1.29 is 21.9 Å². The van der Waals surface area contributed by atoms with Crippen LogP contribution in [0.1, 0.15) is 29.4 Å². The topological polar surface area (TPSA) is 87.2 Å². The van der Waals surface area contributed by atoms with E-state index in [1.807, 2.05) is 6.92 Å². The summed E-state index contributed by atoms with van der Waals surface area (Å²) < 4.78 is 57.4. The predicted octanol–water partition coefficient (Wildman–Crippen LogP) is 2.66. The number of primary sulfonamides is 1. The van der Waals surface area contributed by atoms with Crippen molar-refractivity contribution in [3.8, 4) is 17.5 Å². The van der Waals surface area contributed by atoms with Crippen molar-refractivity contribution in [2.45, 2.75) is 31.0 Å². The third kappa shape index (κ3) is 3.98. The molecule has 154 valence electrons. The van der Waals surface area contributed by atoms with Crippen molar-refractivity contribution in [2.75, 3.05) is 0 Å². The maximum atomic E-state index is 13.8. The highest BCUT2D eigenvalue weighted by atomic mass is 32.2. The van der Waals surface area contributed by atoms with E-state index in [1.165, 1.54) is 18.2 Å². The Labute approximate surface area is 172 Å². The van der Waals surface area contributed by atoms with Crippen LogP contribution >= 0.6 is 0 Å². The van der Waals surface area contributed by atoms with Gasteiger partial charge >= 0.3 is 0 Å². The van der Waals surface area contributed by atoms with E-state index in [4.69, 9.17) is 9.88 Å². The summed E-state index contributed by atoms with van der Waals surface area (Å²) in [4.78, 5) is -0.0409. The molecule has 2 N–H and O–H groups in total. The SMILES string of the molecule is C[C@H]1Cc2c(c(C#Cc3cccc(S(N)(=O)=O)c3)nn2-c2ccc(F)c(F)c2)CO1. The van der Waals surface area contributed by atoms with Crippen molar-refractivity contribution >= 4 is 10.0 Å². The number of ether oxygens (including phenoxy) is 1. The summed E-state index contributed by atoms with van der Waals surface area (Å²) in [6, 6.07) is 9.53. The fourth-order valence-corrected chi connectivity index (χ4v) is 3.78. The number of hydrogen-bond donors (Lipinski definition) is 1. The Morgan fingerprint density at radius 1 is 1.17 bits per heavy atom. The van der Waals surface area contributed by atoms with Crippen molar-refractivity contribution in [2.24, 2.45) is 5.14 Å². The van der Waals surface area contributed by atoms with Crippen molar-refractivity contribution in [3.05, 3.63) is 76.6 Å². The lowest BCUT2D eigenvalue weighted by Gasteiger charge is -2.20. The van der Waals surface area contributed by atoms with Gasteiger partial charge in [0, 0.05) is 23.6 Å². The third-order valence-corrected chi connectivity index (χ3v) is 5.63. The molecule has 0 bridgehead atoms. The normalized spacial score (nSPS) is 15.9. The van der Waals surface area contributed by atoms with Gasteiger partial charge in [0.2, 0.25) is 10.0 Å². The number of aromatic nitrogens is 2. The Bertz CT molecular complexity index is 1310. The van der Waals surface area contributed by atoms with E-state index in [-0.39, 0.29) is 17.6 Å². The summed E-state index contributed by atoms with van der Waals surface area (Å²) in [5.74, 6) is 3.91. The Morgan fingerprint density at radius 2 is 1.97 bits per heavy atom. The smallest absolute Gasteiger partial charge is 0.238 e. The Balaban J connectivity index is 1.79. The molecule has 0 amide bonds. The predicted molar refractivity (Wildman–Crippen MR) is 105 cm³/mol. The molecular weight excluding hydrogens is 412 g/mol.